The number of aromatic nitrogens is 2. The molecule has 2 rings (SSSR count). The van der Waals surface area contributed by atoms with Crippen LogP contribution in [0.15, 0.2) is 36.4 Å². The maximum Gasteiger partial charge on any atom is 0.490 e. The van der Waals surface area contributed by atoms with E-state index in [9.17, 15) is 23.1 Å². The SMILES string of the molecule is COc1nc(C)cc(N[C@@H](Cc2ccccc2)C(=O)O)n1.O=C(O)C(F)(F)F. The number of rotatable bonds is 6. The molecule has 0 bridgehead atoms. The molecule has 2 aromatic rings. The first-order valence-electron chi connectivity index (χ1n) is 7.76. The summed E-state index contributed by atoms with van der Waals surface area (Å²) in [5, 5.41) is 19.4. The summed E-state index contributed by atoms with van der Waals surface area (Å²) < 4.78 is 36.7. The van der Waals surface area contributed by atoms with Crippen molar-refractivity contribution in [1.82, 2.24) is 9.97 Å². The second-order valence-corrected chi connectivity index (χ2v) is 5.41. The first-order valence-corrected chi connectivity index (χ1v) is 7.76. The van der Waals surface area contributed by atoms with Gasteiger partial charge in [-0.3, -0.25) is 0 Å². The maximum absolute atomic E-state index is 11.4. The van der Waals surface area contributed by atoms with E-state index >= 15 is 0 Å². The van der Waals surface area contributed by atoms with Crippen molar-refractivity contribution in [2.75, 3.05) is 12.4 Å². The van der Waals surface area contributed by atoms with E-state index in [1.165, 1.54) is 7.11 Å². The summed E-state index contributed by atoms with van der Waals surface area (Å²) >= 11 is 0. The smallest absolute Gasteiger partial charge is 0.480 e. The molecule has 11 heteroatoms. The number of benzene rings is 1. The molecule has 0 saturated heterocycles. The van der Waals surface area contributed by atoms with Gasteiger partial charge in [0.05, 0.1) is 7.11 Å². The third-order valence-electron chi connectivity index (χ3n) is 3.16. The van der Waals surface area contributed by atoms with Crippen molar-refractivity contribution in [2.24, 2.45) is 0 Å². The molecule has 1 atom stereocenters. The van der Waals surface area contributed by atoms with Crippen molar-refractivity contribution in [3.8, 4) is 6.01 Å². The van der Waals surface area contributed by atoms with Crippen molar-refractivity contribution in [2.45, 2.75) is 25.6 Å². The number of ether oxygens (including phenoxy) is 1. The highest BCUT2D eigenvalue weighted by atomic mass is 19.4. The average molecular weight is 401 g/mol. The molecule has 0 amide bonds. The van der Waals surface area contributed by atoms with Crippen LogP contribution in [-0.2, 0) is 16.0 Å². The van der Waals surface area contributed by atoms with Crippen LogP contribution in [0.1, 0.15) is 11.3 Å². The summed E-state index contributed by atoms with van der Waals surface area (Å²) in [4.78, 5) is 28.5. The molecule has 0 aliphatic carbocycles. The Balaban J connectivity index is 0.000000480. The average Bonchev–Trinajstić information content (AvgIpc) is 2.61. The number of aliphatic carboxylic acids is 2. The highest BCUT2D eigenvalue weighted by Gasteiger charge is 2.38. The zero-order chi connectivity index (χ0) is 21.3. The van der Waals surface area contributed by atoms with E-state index in [0.717, 1.165) is 5.56 Å². The molecule has 0 unspecified atom stereocenters. The zero-order valence-electron chi connectivity index (χ0n) is 14.9. The first-order chi connectivity index (χ1) is 13.0. The lowest BCUT2D eigenvalue weighted by atomic mass is 10.1. The van der Waals surface area contributed by atoms with Gasteiger partial charge in [-0.15, -0.1) is 0 Å². The highest BCUT2D eigenvalue weighted by molar-refractivity contribution is 5.77. The minimum absolute atomic E-state index is 0.210. The normalized spacial score (nSPS) is 11.6. The molecule has 0 aliphatic rings. The molecule has 0 spiro atoms. The molecule has 3 N–H and O–H groups in total. The van der Waals surface area contributed by atoms with Gasteiger partial charge in [0.25, 0.3) is 0 Å². The van der Waals surface area contributed by atoms with E-state index < -0.39 is 24.2 Å². The number of carboxylic acids is 2. The number of methoxy groups -OCH3 is 1. The molecule has 1 heterocycles. The molecular formula is C17H18F3N3O5. The van der Waals surface area contributed by atoms with Crippen molar-refractivity contribution >= 4 is 17.8 Å². The van der Waals surface area contributed by atoms with Crippen molar-refractivity contribution < 1.29 is 37.7 Å². The number of hydrogen-bond donors (Lipinski definition) is 3. The third-order valence-corrected chi connectivity index (χ3v) is 3.16. The van der Waals surface area contributed by atoms with Gasteiger partial charge in [0.2, 0.25) is 0 Å². The van der Waals surface area contributed by atoms with Gasteiger partial charge >= 0.3 is 24.1 Å². The fourth-order valence-corrected chi connectivity index (χ4v) is 1.93. The fraction of sp³-hybridized carbons (Fsp3) is 0.294. The van der Waals surface area contributed by atoms with Crippen LogP contribution in [0.5, 0.6) is 6.01 Å². The van der Waals surface area contributed by atoms with E-state index in [2.05, 4.69) is 15.3 Å². The molecule has 0 fully saturated rings. The molecule has 152 valence electrons. The Morgan fingerprint density at radius 3 is 2.21 bits per heavy atom. The van der Waals surface area contributed by atoms with Crippen LogP contribution < -0.4 is 10.1 Å². The summed E-state index contributed by atoms with van der Waals surface area (Å²) in [6.07, 6.45) is -4.72. The van der Waals surface area contributed by atoms with Gasteiger partial charge in [0, 0.05) is 18.2 Å². The summed E-state index contributed by atoms with van der Waals surface area (Å²) in [5.41, 5.74) is 1.64. The first kappa shape index (κ1) is 22.7. The van der Waals surface area contributed by atoms with Gasteiger partial charge < -0.3 is 20.3 Å². The molecule has 1 aromatic carbocycles. The van der Waals surface area contributed by atoms with Gasteiger partial charge in [0.15, 0.2) is 0 Å². The predicted molar refractivity (Wildman–Crippen MR) is 92.2 cm³/mol. The van der Waals surface area contributed by atoms with Crippen LogP contribution in [-0.4, -0.2) is 51.4 Å². The van der Waals surface area contributed by atoms with Crippen LogP contribution in [0.3, 0.4) is 0 Å². The lowest BCUT2D eigenvalue weighted by Gasteiger charge is -2.15. The number of halogens is 3. The summed E-state index contributed by atoms with van der Waals surface area (Å²) in [7, 11) is 1.47. The van der Waals surface area contributed by atoms with Crippen LogP contribution >= 0.6 is 0 Å². The number of hydrogen-bond acceptors (Lipinski definition) is 6. The Kier molecular flexibility index (Phi) is 8.17. The van der Waals surface area contributed by atoms with Crippen LogP contribution in [0.2, 0.25) is 0 Å². The van der Waals surface area contributed by atoms with E-state index in [0.29, 0.717) is 17.9 Å². The Morgan fingerprint density at radius 2 is 1.75 bits per heavy atom. The van der Waals surface area contributed by atoms with E-state index in [4.69, 9.17) is 14.6 Å². The van der Waals surface area contributed by atoms with Crippen molar-refractivity contribution in [3.05, 3.63) is 47.7 Å². The van der Waals surface area contributed by atoms with Gasteiger partial charge in [-0.1, -0.05) is 30.3 Å². The van der Waals surface area contributed by atoms with E-state index in [1.54, 1.807) is 13.0 Å². The number of aryl methyl sites for hydroxylation is 1. The number of nitrogens with zero attached hydrogens (tertiary/aromatic N) is 2. The van der Waals surface area contributed by atoms with Crippen LogP contribution in [0.4, 0.5) is 19.0 Å². The quantitative estimate of drug-likeness (QED) is 0.675. The largest absolute Gasteiger partial charge is 0.490 e. The molecule has 0 saturated carbocycles. The van der Waals surface area contributed by atoms with Crippen LogP contribution in [0, 0.1) is 6.92 Å². The Hall–Kier alpha value is -3.37. The second-order valence-electron chi connectivity index (χ2n) is 5.41. The number of carboxylic acid groups (broad SMARTS) is 2. The fourth-order valence-electron chi connectivity index (χ4n) is 1.93. The molecule has 8 nitrogen and oxygen atoms in total. The standard InChI is InChI=1S/C15H17N3O3.C2HF3O2/c1-10-8-13(18-15(16-10)21-2)17-12(14(19)20)9-11-6-4-3-5-7-11;3-2(4,5)1(6)7/h3-8,12H,9H2,1-2H3,(H,19,20)(H,16,17,18);(H,6,7)/t12-;/m0./s1. The highest BCUT2D eigenvalue weighted by Crippen LogP contribution is 2.14. The van der Waals surface area contributed by atoms with Crippen molar-refractivity contribution in [3.63, 3.8) is 0 Å². The van der Waals surface area contributed by atoms with Crippen LogP contribution in [0.25, 0.3) is 0 Å². The second kappa shape index (κ2) is 10.1. The molecule has 0 aliphatic heterocycles. The summed E-state index contributed by atoms with van der Waals surface area (Å²) in [6, 6.07) is 10.6. The minimum Gasteiger partial charge on any atom is -0.480 e. The Morgan fingerprint density at radius 1 is 1.18 bits per heavy atom. The zero-order valence-corrected chi connectivity index (χ0v) is 14.9. The van der Waals surface area contributed by atoms with Gasteiger partial charge in [-0.05, 0) is 12.5 Å². The van der Waals surface area contributed by atoms with E-state index in [-0.39, 0.29) is 6.01 Å². The minimum atomic E-state index is -5.08. The number of carbonyl (C=O) groups is 2. The van der Waals surface area contributed by atoms with Crippen molar-refractivity contribution in [1.29, 1.82) is 0 Å². The van der Waals surface area contributed by atoms with Gasteiger partial charge in [-0.25, -0.2) is 14.6 Å². The summed E-state index contributed by atoms with van der Waals surface area (Å²) in [5.74, 6) is -3.26. The number of anilines is 1. The molecule has 28 heavy (non-hydrogen) atoms. The Bertz CT molecular complexity index is 800. The van der Waals surface area contributed by atoms with Gasteiger partial charge in [0.1, 0.15) is 11.9 Å². The number of alkyl halides is 3. The molecule has 0 radical (unpaired) electrons. The predicted octanol–water partition coefficient (Wildman–Crippen LogP) is 2.53. The Labute approximate surface area is 158 Å². The lowest BCUT2D eigenvalue weighted by Crippen LogP contribution is -2.32. The third kappa shape index (κ3) is 7.89. The topological polar surface area (TPSA) is 122 Å². The lowest BCUT2D eigenvalue weighted by molar-refractivity contribution is -0.192. The number of nitrogens with one attached hydrogen (secondary N) is 1. The monoisotopic (exact) mass is 401 g/mol. The molecule has 1 aromatic heterocycles. The maximum atomic E-state index is 11.4. The molecular weight excluding hydrogens is 383 g/mol. The van der Waals surface area contributed by atoms with Gasteiger partial charge in [-0.2, -0.15) is 18.2 Å². The van der Waals surface area contributed by atoms with E-state index in [1.807, 2.05) is 30.3 Å². The summed E-state index contributed by atoms with van der Waals surface area (Å²) in [6.45, 7) is 1.79.